The van der Waals surface area contributed by atoms with Gasteiger partial charge in [0, 0.05) is 6.08 Å². The van der Waals surface area contributed by atoms with Crippen molar-refractivity contribution in [2.45, 2.75) is 58.2 Å². The molecule has 3 nitrogen and oxygen atoms in total. The van der Waals surface area contributed by atoms with Crippen molar-refractivity contribution in [2.75, 3.05) is 7.11 Å². The van der Waals surface area contributed by atoms with Crippen molar-refractivity contribution >= 4 is 14.3 Å². The van der Waals surface area contributed by atoms with Gasteiger partial charge in [-0.25, -0.2) is 4.79 Å². The number of hydrogen-bond donors (Lipinski definition) is 0. The predicted molar refractivity (Wildman–Crippen MR) is 91.6 cm³/mol. The van der Waals surface area contributed by atoms with Gasteiger partial charge in [0.05, 0.1) is 12.9 Å². The SMILES string of the molecule is C=C/C(=C/CCC/C=C/C(=O)OC)O[Si](C)(C)C(C)(C)C. The van der Waals surface area contributed by atoms with E-state index in [1.165, 1.54) is 13.2 Å². The van der Waals surface area contributed by atoms with E-state index >= 15 is 0 Å². The fraction of sp³-hybridized carbons (Fsp3) is 0.588. The minimum Gasteiger partial charge on any atom is -0.544 e. The van der Waals surface area contributed by atoms with Gasteiger partial charge in [-0.15, -0.1) is 0 Å². The van der Waals surface area contributed by atoms with Crippen molar-refractivity contribution in [3.8, 4) is 0 Å². The summed E-state index contributed by atoms with van der Waals surface area (Å²) in [6.07, 6.45) is 9.87. The number of carbonyl (C=O) groups is 1. The highest BCUT2D eigenvalue weighted by atomic mass is 28.4. The van der Waals surface area contributed by atoms with Gasteiger partial charge in [-0.1, -0.05) is 33.4 Å². The van der Waals surface area contributed by atoms with E-state index in [1.807, 2.05) is 6.08 Å². The summed E-state index contributed by atoms with van der Waals surface area (Å²) in [5, 5.41) is 0.179. The molecule has 0 fully saturated rings. The second kappa shape index (κ2) is 8.88. The molecule has 0 aliphatic heterocycles. The van der Waals surface area contributed by atoms with Crippen molar-refractivity contribution in [1.29, 1.82) is 0 Å². The number of allylic oxidation sites excluding steroid dienone is 3. The van der Waals surface area contributed by atoms with Gasteiger partial charge in [-0.2, -0.15) is 0 Å². The summed E-state index contributed by atoms with van der Waals surface area (Å²) < 4.78 is 10.7. The lowest BCUT2D eigenvalue weighted by Gasteiger charge is -2.36. The molecule has 0 saturated heterocycles. The third-order valence-electron chi connectivity index (χ3n) is 3.76. The summed E-state index contributed by atoms with van der Waals surface area (Å²) in [5.74, 6) is 0.567. The summed E-state index contributed by atoms with van der Waals surface area (Å²) in [6.45, 7) is 14.9. The van der Waals surface area contributed by atoms with E-state index in [1.54, 1.807) is 6.08 Å². The second-order valence-corrected chi connectivity index (χ2v) is 11.3. The topological polar surface area (TPSA) is 35.5 Å². The van der Waals surface area contributed by atoms with Gasteiger partial charge in [0.25, 0.3) is 0 Å². The van der Waals surface area contributed by atoms with Gasteiger partial charge < -0.3 is 9.16 Å². The van der Waals surface area contributed by atoms with Crippen LogP contribution >= 0.6 is 0 Å². The average molecular weight is 311 g/mol. The van der Waals surface area contributed by atoms with E-state index < -0.39 is 8.32 Å². The first-order valence-electron chi connectivity index (χ1n) is 7.40. The lowest BCUT2D eigenvalue weighted by Crippen LogP contribution is -2.40. The molecule has 0 aromatic rings. The minimum atomic E-state index is -1.80. The third kappa shape index (κ3) is 7.90. The fourth-order valence-corrected chi connectivity index (χ4v) is 2.40. The molecular formula is C17H30O3Si. The van der Waals surface area contributed by atoms with Gasteiger partial charge >= 0.3 is 5.97 Å². The van der Waals surface area contributed by atoms with Crippen LogP contribution in [-0.2, 0) is 14.0 Å². The quantitative estimate of drug-likeness (QED) is 0.158. The predicted octanol–water partition coefficient (Wildman–Crippen LogP) is 4.98. The van der Waals surface area contributed by atoms with E-state index in [2.05, 4.69) is 51.3 Å². The lowest BCUT2D eigenvalue weighted by molar-refractivity contribution is -0.134. The zero-order chi connectivity index (χ0) is 16.5. The molecule has 0 aromatic carbocycles. The van der Waals surface area contributed by atoms with Crippen LogP contribution in [0.15, 0.2) is 36.6 Å². The molecule has 0 radical (unpaired) electrons. The molecule has 21 heavy (non-hydrogen) atoms. The third-order valence-corrected chi connectivity index (χ3v) is 8.11. The van der Waals surface area contributed by atoms with Gasteiger partial charge in [0.15, 0.2) is 0 Å². The Hall–Kier alpha value is -1.29. The van der Waals surface area contributed by atoms with E-state index in [0.29, 0.717) is 0 Å². The number of rotatable bonds is 8. The first-order chi connectivity index (χ1) is 9.64. The number of methoxy groups -OCH3 is 1. The Morgan fingerprint density at radius 3 is 2.33 bits per heavy atom. The number of unbranched alkanes of at least 4 members (excludes halogenated alkanes) is 2. The highest BCUT2D eigenvalue weighted by Gasteiger charge is 2.38. The molecule has 0 aliphatic rings. The number of hydrogen-bond acceptors (Lipinski definition) is 3. The molecule has 0 unspecified atom stereocenters. The molecule has 0 bridgehead atoms. The maximum absolute atomic E-state index is 10.9. The molecule has 0 amide bonds. The van der Waals surface area contributed by atoms with Gasteiger partial charge in [0.2, 0.25) is 8.32 Å². The lowest BCUT2D eigenvalue weighted by atomic mass is 10.2. The Balaban J connectivity index is 4.34. The highest BCUT2D eigenvalue weighted by molar-refractivity contribution is 6.74. The van der Waals surface area contributed by atoms with Crippen molar-refractivity contribution in [3.63, 3.8) is 0 Å². The molecule has 4 heteroatoms. The Labute approximate surface area is 130 Å². The van der Waals surface area contributed by atoms with Crippen LogP contribution in [-0.4, -0.2) is 21.4 Å². The molecular weight excluding hydrogens is 280 g/mol. The fourth-order valence-electron chi connectivity index (χ4n) is 1.34. The van der Waals surface area contributed by atoms with Gasteiger partial charge in [0.1, 0.15) is 0 Å². The van der Waals surface area contributed by atoms with E-state index in [9.17, 15) is 4.79 Å². The minimum absolute atomic E-state index is 0.179. The molecule has 0 rings (SSSR count). The summed E-state index contributed by atoms with van der Waals surface area (Å²) in [5.41, 5.74) is 0. The summed E-state index contributed by atoms with van der Waals surface area (Å²) in [7, 11) is -0.420. The Kier molecular flexibility index (Phi) is 8.33. The van der Waals surface area contributed by atoms with Crippen LogP contribution in [0.2, 0.25) is 18.1 Å². The number of esters is 1. The smallest absolute Gasteiger partial charge is 0.330 e. The molecule has 0 spiro atoms. The Morgan fingerprint density at radius 1 is 1.24 bits per heavy atom. The second-order valence-electron chi connectivity index (χ2n) is 6.53. The van der Waals surface area contributed by atoms with Crippen LogP contribution in [0.5, 0.6) is 0 Å². The maximum Gasteiger partial charge on any atom is 0.330 e. The Bertz CT molecular complexity index is 401. The van der Waals surface area contributed by atoms with Crippen LogP contribution in [0.4, 0.5) is 0 Å². The highest BCUT2D eigenvalue weighted by Crippen LogP contribution is 2.38. The van der Waals surface area contributed by atoms with Crippen LogP contribution in [0.3, 0.4) is 0 Å². The average Bonchev–Trinajstić information content (AvgIpc) is 2.39. The summed E-state index contributed by atoms with van der Waals surface area (Å²) >= 11 is 0. The first kappa shape index (κ1) is 19.7. The molecule has 0 saturated carbocycles. The Morgan fingerprint density at radius 2 is 1.86 bits per heavy atom. The zero-order valence-electron chi connectivity index (χ0n) is 14.4. The van der Waals surface area contributed by atoms with Crippen LogP contribution in [0.25, 0.3) is 0 Å². The van der Waals surface area contributed by atoms with Crippen LogP contribution < -0.4 is 0 Å². The number of ether oxygens (including phenoxy) is 1. The largest absolute Gasteiger partial charge is 0.544 e. The zero-order valence-corrected chi connectivity index (χ0v) is 15.4. The molecule has 0 aliphatic carbocycles. The normalized spacial score (nSPS) is 13.3. The van der Waals surface area contributed by atoms with E-state index in [0.717, 1.165) is 25.0 Å². The summed E-state index contributed by atoms with van der Waals surface area (Å²) in [4.78, 5) is 10.9. The standard InChI is InChI=1S/C17H30O3Si/c1-8-15(20-21(6,7)17(2,3)4)13-11-9-10-12-14-16(18)19-5/h8,12-14H,1,9-11H2,2-7H3/b14-12+,15-13-. The van der Waals surface area contributed by atoms with Crippen molar-refractivity contribution in [3.05, 3.63) is 36.6 Å². The number of carbonyl (C=O) groups excluding carboxylic acids is 1. The van der Waals surface area contributed by atoms with Gasteiger partial charge in [-0.3, -0.25) is 0 Å². The van der Waals surface area contributed by atoms with Crippen LogP contribution in [0, 0.1) is 0 Å². The summed E-state index contributed by atoms with van der Waals surface area (Å²) in [6, 6.07) is 0. The molecule has 0 heterocycles. The van der Waals surface area contributed by atoms with E-state index in [-0.39, 0.29) is 11.0 Å². The van der Waals surface area contributed by atoms with Crippen molar-refractivity contribution in [2.24, 2.45) is 0 Å². The monoisotopic (exact) mass is 310 g/mol. The first-order valence-corrected chi connectivity index (χ1v) is 10.3. The van der Waals surface area contributed by atoms with Crippen molar-refractivity contribution in [1.82, 2.24) is 0 Å². The molecule has 0 aromatic heterocycles. The molecule has 120 valence electrons. The van der Waals surface area contributed by atoms with Crippen molar-refractivity contribution < 1.29 is 14.0 Å². The maximum atomic E-state index is 10.9. The molecule has 0 atom stereocenters. The van der Waals surface area contributed by atoms with Gasteiger partial charge in [-0.05, 0) is 49.5 Å². The van der Waals surface area contributed by atoms with E-state index in [4.69, 9.17) is 4.43 Å². The molecule has 0 N–H and O–H groups in total. The van der Waals surface area contributed by atoms with Crippen LogP contribution in [0.1, 0.15) is 40.0 Å².